The molecule has 2 aromatic rings. The number of hydrogen-bond acceptors (Lipinski definition) is 3. The molecule has 0 radical (unpaired) electrons. The van der Waals surface area contributed by atoms with E-state index < -0.39 is 0 Å². The van der Waals surface area contributed by atoms with Gasteiger partial charge in [-0.05, 0) is 24.3 Å². The summed E-state index contributed by atoms with van der Waals surface area (Å²) >= 11 is 3.26. The number of benzene rings is 1. The molecule has 0 aliphatic heterocycles. The summed E-state index contributed by atoms with van der Waals surface area (Å²) in [4.78, 5) is 7.91. The van der Waals surface area contributed by atoms with Crippen LogP contribution in [0.15, 0.2) is 34.9 Å². The van der Waals surface area contributed by atoms with E-state index in [0.717, 1.165) is 4.47 Å². The minimum absolute atomic E-state index is 0.286. The summed E-state index contributed by atoms with van der Waals surface area (Å²) in [6, 6.07) is 6.14. The highest BCUT2D eigenvalue weighted by atomic mass is 79.9. The fraction of sp³-hybridized carbons (Fsp3) is 0. The largest absolute Gasteiger partial charge is 0.384 e. The first-order valence-corrected chi connectivity index (χ1v) is 5.00. The van der Waals surface area contributed by atoms with Gasteiger partial charge in [-0.1, -0.05) is 15.9 Å². The van der Waals surface area contributed by atoms with Crippen molar-refractivity contribution in [2.45, 2.75) is 0 Å². The van der Waals surface area contributed by atoms with Crippen molar-refractivity contribution >= 4 is 21.7 Å². The fourth-order valence-electron chi connectivity index (χ4n) is 1.17. The van der Waals surface area contributed by atoms with Gasteiger partial charge in [-0.2, -0.15) is 0 Å². The lowest BCUT2D eigenvalue weighted by atomic mass is 10.2. The summed E-state index contributed by atoms with van der Waals surface area (Å²) in [7, 11) is 0. The number of nitrogen functional groups attached to an aromatic ring is 1. The third-order valence-corrected chi connectivity index (χ3v) is 2.34. The van der Waals surface area contributed by atoms with Crippen LogP contribution in [-0.2, 0) is 0 Å². The zero-order valence-electron chi connectivity index (χ0n) is 7.61. The van der Waals surface area contributed by atoms with Crippen LogP contribution in [0.5, 0.6) is 0 Å². The lowest BCUT2D eigenvalue weighted by molar-refractivity contribution is 0.629. The molecule has 0 aliphatic carbocycles. The molecule has 2 N–H and O–H groups in total. The van der Waals surface area contributed by atoms with E-state index in [1.165, 1.54) is 12.3 Å². The van der Waals surface area contributed by atoms with Crippen LogP contribution < -0.4 is 5.73 Å². The average molecular weight is 268 g/mol. The van der Waals surface area contributed by atoms with Crippen molar-refractivity contribution in [2.75, 3.05) is 5.73 Å². The van der Waals surface area contributed by atoms with E-state index in [1.54, 1.807) is 18.2 Å². The first-order valence-electron chi connectivity index (χ1n) is 4.21. The van der Waals surface area contributed by atoms with Crippen LogP contribution in [0.4, 0.5) is 10.2 Å². The van der Waals surface area contributed by atoms with Crippen molar-refractivity contribution in [2.24, 2.45) is 0 Å². The van der Waals surface area contributed by atoms with Gasteiger partial charge in [0.2, 0.25) is 0 Å². The van der Waals surface area contributed by atoms with E-state index in [4.69, 9.17) is 5.73 Å². The van der Waals surface area contributed by atoms with Crippen molar-refractivity contribution in [3.05, 3.63) is 40.8 Å². The molecule has 1 aromatic carbocycles. The van der Waals surface area contributed by atoms with Gasteiger partial charge in [0, 0.05) is 10.7 Å². The van der Waals surface area contributed by atoms with Crippen LogP contribution in [0, 0.1) is 5.82 Å². The number of rotatable bonds is 1. The molecule has 76 valence electrons. The monoisotopic (exact) mass is 267 g/mol. The van der Waals surface area contributed by atoms with Crippen LogP contribution in [0.2, 0.25) is 0 Å². The number of hydrogen-bond donors (Lipinski definition) is 1. The summed E-state index contributed by atoms with van der Waals surface area (Å²) in [5, 5.41) is 0. The topological polar surface area (TPSA) is 51.8 Å². The van der Waals surface area contributed by atoms with E-state index in [0.29, 0.717) is 11.4 Å². The second-order valence-electron chi connectivity index (χ2n) is 2.93. The highest BCUT2D eigenvalue weighted by Crippen LogP contribution is 2.23. The normalized spacial score (nSPS) is 10.3. The van der Waals surface area contributed by atoms with Crippen molar-refractivity contribution in [1.29, 1.82) is 0 Å². The van der Waals surface area contributed by atoms with Gasteiger partial charge in [0.05, 0.1) is 5.56 Å². The van der Waals surface area contributed by atoms with Crippen molar-refractivity contribution in [3.63, 3.8) is 0 Å². The Labute approximate surface area is 94.3 Å². The lowest BCUT2D eigenvalue weighted by Crippen LogP contribution is -1.96. The molecule has 1 heterocycles. The number of nitrogens with zero attached hydrogens (tertiary/aromatic N) is 2. The van der Waals surface area contributed by atoms with E-state index in [1.807, 2.05) is 0 Å². The maximum atomic E-state index is 13.4. The van der Waals surface area contributed by atoms with Gasteiger partial charge in [-0.3, -0.25) is 0 Å². The Hall–Kier alpha value is -1.49. The molecule has 3 nitrogen and oxygen atoms in total. The Morgan fingerprint density at radius 2 is 2.07 bits per heavy atom. The quantitative estimate of drug-likeness (QED) is 0.864. The Morgan fingerprint density at radius 3 is 2.80 bits per heavy atom. The molecule has 5 heteroatoms. The van der Waals surface area contributed by atoms with Crippen molar-refractivity contribution < 1.29 is 4.39 Å². The second-order valence-corrected chi connectivity index (χ2v) is 3.84. The van der Waals surface area contributed by atoms with E-state index in [9.17, 15) is 4.39 Å². The molecule has 0 amide bonds. The minimum atomic E-state index is -0.371. The zero-order chi connectivity index (χ0) is 10.8. The molecule has 0 aliphatic rings. The predicted octanol–water partition coefficient (Wildman–Crippen LogP) is 2.63. The first kappa shape index (κ1) is 10.0. The minimum Gasteiger partial charge on any atom is -0.384 e. The summed E-state index contributed by atoms with van der Waals surface area (Å²) in [5.41, 5.74) is 5.83. The first-order chi connectivity index (χ1) is 7.16. The highest BCUT2D eigenvalue weighted by molar-refractivity contribution is 9.10. The van der Waals surface area contributed by atoms with E-state index in [2.05, 4.69) is 25.9 Å². The molecule has 0 atom stereocenters. The van der Waals surface area contributed by atoms with E-state index >= 15 is 0 Å². The van der Waals surface area contributed by atoms with Crippen LogP contribution >= 0.6 is 15.9 Å². The Bertz CT molecular complexity index is 502. The third kappa shape index (κ3) is 2.12. The summed E-state index contributed by atoms with van der Waals surface area (Å²) in [6.07, 6.45) is 1.50. The summed E-state index contributed by atoms with van der Waals surface area (Å²) in [5.74, 6) is 0.233. The second kappa shape index (κ2) is 3.94. The van der Waals surface area contributed by atoms with Crippen LogP contribution in [0.1, 0.15) is 0 Å². The molecular formula is C10H7BrFN3. The molecular weight excluding hydrogens is 261 g/mol. The zero-order valence-corrected chi connectivity index (χ0v) is 9.20. The van der Waals surface area contributed by atoms with Gasteiger partial charge in [-0.15, -0.1) is 0 Å². The standard InChI is InChI=1S/C10H7BrFN3/c11-6-1-2-8(12)7(5-6)10-14-4-3-9(13)15-10/h1-5H,(H2,13,14,15). The van der Waals surface area contributed by atoms with Gasteiger partial charge in [0.1, 0.15) is 11.6 Å². The Morgan fingerprint density at radius 1 is 1.27 bits per heavy atom. The van der Waals surface area contributed by atoms with Gasteiger partial charge < -0.3 is 5.73 Å². The number of anilines is 1. The summed E-state index contributed by atoms with van der Waals surface area (Å²) < 4.78 is 14.2. The maximum absolute atomic E-state index is 13.4. The summed E-state index contributed by atoms with van der Waals surface area (Å²) in [6.45, 7) is 0. The third-order valence-electron chi connectivity index (χ3n) is 1.85. The van der Waals surface area contributed by atoms with Crippen LogP contribution in [-0.4, -0.2) is 9.97 Å². The lowest BCUT2D eigenvalue weighted by Gasteiger charge is -2.02. The molecule has 0 fully saturated rings. The van der Waals surface area contributed by atoms with Crippen molar-refractivity contribution in [3.8, 4) is 11.4 Å². The van der Waals surface area contributed by atoms with Gasteiger partial charge in [-0.25, -0.2) is 14.4 Å². The smallest absolute Gasteiger partial charge is 0.164 e. The molecule has 2 rings (SSSR count). The predicted molar refractivity (Wildman–Crippen MR) is 59.5 cm³/mol. The molecule has 1 aromatic heterocycles. The highest BCUT2D eigenvalue weighted by Gasteiger charge is 2.08. The molecule has 0 saturated carbocycles. The molecule has 0 bridgehead atoms. The van der Waals surface area contributed by atoms with E-state index in [-0.39, 0.29) is 11.6 Å². The molecule has 15 heavy (non-hydrogen) atoms. The van der Waals surface area contributed by atoms with Gasteiger partial charge >= 0.3 is 0 Å². The number of halogens is 2. The van der Waals surface area contributed by atoms with Crippen LogP contribution in [0.25, 0.3) is 11.4 Å². The fourth-order valence-corrected chi connectivity index (χ4v) is 1.53. The molecule has 0 unspecified atom stereocenters. The number of aromatic nitrogens is 2. The SMILES string of the molecule is Nc1ccnc(-c2cc(Br)ccc2F)n1. The van der Waals surface area contributed by atoms with Gasteiger partial charge in [0.25, 0.3) is 0 Å². The number of nitrogens with two attached hydrogens (primary N) is 1. The molecule has 0 spiro atoms. The van der Waals surface area contributed by atoms with Crippen LogP contribution in [0.3, 0.4) is 0 Å². The maximum Gasteiger partial charge on any atom is 0.164 e. The van der Waals surface area contributed by atoms with Crippen molar-refractivity contribution in [1.82, 2.24) is 9.97 Å². The average Bonchev–Trinajstić information content (AvgIpc) is 2.22. The Balaban J connectivity index is 2.58. The Kier molecular flexibility index (Phi) is 2.64. The van der Waals surface area contributed by atoms with Gasteiger partial charge in [0.15, 0.2) is 5.82 Å². The molecule has 0 saturated heterocycles.